The van der Waals surface area contributed by atoms with Crippen molar-refractivity contribution >= 4 is 98.5 Å². The fourth-order valence-corrected chi connectivity index (χ4v) is 15.5. The van der Waals surface area contributed by atoms with Crippen molar-refractivity contribution in [1.82, 2.24) is 47.8 Å². The van der Waals surface area contributed by atoms with E-state index >= 15 is 0 Å². The van der Waals surface area contributed by atoms with Gasteiger partial charge < -0.3 is 23.3 Å². The predicted octanol–water partition coefficient (Wildman–Crippen LogP) is 21.7. The number of rotatable bonds is 7. The number of aryl methyl sites for hydroxylation is 3. The van der Waals surface area contributed by atoms with Crippen molar-refractivity contribution in [2.24, 2.45) is 0 Å². The molecular weight excluding hydrogens is 1230 g/mol. The molecule has 13 aromatic carbocycles. The van der Waals surface area contributed by atoms with Crippen LogP contribution in [0, 0.1) is 0 Å². The van der Waals surface area contributed by atoms with Crippen LogP contribution in [0.4, 0.5) is 0 Å². The maximum Gasteiger partial charge on any atom is 0.153 e. The van der Waals surface area contributed by atoms with Crippen LogP contribution in [-0.4, -0.2) is 47.8 Å². The van der Waals surface area contributed by atoms with Gasteiger partial charge in [-0.1, -0.05) is 172 Å². The van der Waals surface area contributed by atoms with Crippen molar-refractivity contribution in [3.05, 3.63) is 290 Å². The van der Waals surface area contributed by atoms with E-state index in [2.05, 4.69) is 232 Å². The summed E-state index contributed by atoms with van der Waals surface area (Å²) in [5.74, 6) is 8.15. The van der Waals surface area contributed by atoms with Crippen LogP contribution in [0.25, 0.3) is 149 Å². The molecule has 0 saturated heterocycles. The van der Waals surface area contributed by atoms with Gasteiger partial charge in [0.1, 0.15) is 34.0 Å². The lowest BCUT2D eigenvalue weighted by Crippen LogP contribution is -2.08. The van der Waals surface area contributed by atoms with Crippen molar-refractivity contribution in [2.75, 3.05) is 0 Å². The predicted molar refractivity (Wildman–Crippen MR) is 402 cm³/mol. The third-order valence-corrected chi connectivity index (χ3v) is 19.9. The third-order valence-electron chi connectivity index (χ3n) is 19.9. The SMILES string of the molecule is CCc1nc2cccc3c2n1-c1ccc(-c2nc4ccccc4nc2-c2ccccc2)cc1O3.CCc1nc2cccc3c2n1-c1ccc(-n2c4ccccc4c4c5ccccc5ccc42)cc1O3.CCc1nc2cccc3c2n1-c1ccc(-n2c4ccccc4c4ccccc42)cc1O3. The lowest BCUT2D eigenvalue weighted by atomic mass is 10.0. The van der Waals surface area contributed by atoms with Gasteiger partial charge in [0, 0.05) is 64.1 Å². The zero-order valence-electron chi connectivity index (χ0n) is 54.8. The van der Waals surface area contributed by atoms with Gasteiger partial charge in [-0.15, -0.1) is 0 Å². The first-order valence-electron chi connectivity index (χ1n) is 34.2. The van der Waals surface area contributed by atoms with E-state index in [1.54, 1.807) is 0 Å². The smallest absolute Gasteiger partial charge is 0.153 e. The average Bonchev–Trinajstić information content (AvgIpc) is 1.53. The molecule has 0 radical (unpaired) electrons. The minimum atomic E-state index is 0.791. The zero-order valence-corrected chi connectivity index (χ0v) is 54.8. The molecule has 0 spiro atoms. The van der Waals surface area contributed by atoms with Crippen LogP contribution >= 0.6 is 0 Å². The van der Waals surface area contributed by atoms with Crippen molar-refractivity contribution in [3.63, 3.8) is 0 Å². The summed E-state index contributed by atoms with van der Waals surface area (Å²) in [5, 5.41) is 7.58. The standard InChI is InChI=1S/C31H21N3O.C29H20N4O.C27H19N3O/c1-2-29-32-23-11-7-13-27-31(23)34(29)25-17-15-20(18-28(25)35-27)33-24-12-6-5-10-22(24)30-21-9-4-3-8-19(21)14-16-26(30)33;1-2-26-30-22-13-8-14-24-29(22)33(26)23-16-15-19(17-25(23)34-24)28-27(18-9-4-3-5-10-18)31-20-11-6-7-12-21(20)32-28;1-2-26-28-20-10-7-13-24-27(20)30(26)23-15-14-17(16-25(23)31-24)29-21-11-5-3-8-18(21)19-9-4-6-12-22(19)29/h3-18H,2H2,1H3;3-17H,2H2,1H3;3-16H,2H2,1H3. The Morgan fingerprint density at radius 3 is 1.18 bits per heavy atom. The lowest BCUT2D eigenvalue weighted by Gasteiger charge is -2.22. The molecular formula is C87H60N10O3. The van der Waals surface area contributed by atoms with Crippen molar-refractivity contribution in [3.8, 4) is 85.4 Å². The van der Waals surface area contributed by atoms with E-state index in [1.165, 1.54) is 54.4 Å². The maximum atomic E-state index is 6.47. The summed E-state index contributed by atoms with van der Waals surface area (Å²) in [6.45, 7) is 6.42. The van der Waals surface area contributed by atoms with E-state index in [1.807, 2.05) is 84.9 Å². The summed E-state index contributed by atoms with van der Waals surface area (Å²) in [6, 6.07) is 94.6. The lowest BCUT2D eigenvalue weighted by molar-refractivity contribution is 0.474. The van der Waals surface area contributed by atoms with E-state index in [0.29, 0.717) is 0 Å². The molecule has 0 bridgehead atoms. The van der Waals surface area contributed by atoms with Crippen LogP contribution in [0.1, 0.15) is 38.2 Å². The fourth-order valence-electron chi connectivity index (χ4n) is 15.5. The molecule has 9 heterocycles. The van der Waals surface area contributed by atoms with Crippen LogP contribution in [0.2, 0.25) is 0 Å². The monoisotopic (exact) mass is 1290 g/mol. The zero-order chi connectivity index (χ0) is 66.3. The fraction of sp³-hybridized carbons (Fsp3) is 0.0690. The number of ether oxygens (including phenoxy) is 3. The normalized spacial score (nSPS) is 12.3. The first kappa shape index (κ1) is 57.1. The molecule has 476 valence electrons. The molecule has 13 heteroatoms. The van der Waals surface area contributed by atoms with Gasteiger partial charge in [-0.05, 0) is 120 Å². The topological polar surface area (TPSA) is 117 Å². The molecule has 6 aromatic heterocycles. The van der Waals surface area contributed by atoms with Gasteiger partial charge in [-0.25, -0.2) is 24.9 Å². The number of hydrogen-bond acceptors (Lipinski definition) is 8. The molecule has 22 rings (SSSR count). The Bertz CT molecular complexity index is 6560. The molecule has 0 aliphatic carbocycles. The largest absolute Gasteiger partial charge is 0.453 e. The summed E-state index contributed by atoms with van der Waals surface area (Å²) in [5.41, 5.74) is 21.5. The molecule has 0 N–H and O–H groups in total. The molecule has 0 fully saturated rings. The molecule has 100 heavy (non-hydrogen) atoms. The molecule has 0 amide bonds. The van der Waals surface area contributed by atoms with E-state index in [4.69, 9.17) is 39.1 Å². The van der Waals surface area contributed by atoms with Crippen LogP contribution in [0.15, 0.2) is 273 Å². The molecule has 3 aliphatic heterocycles. The van der Waals surface area contributed by atoms with E-state index in [-0.39, 0.29) is 0 Å². The van der Waals surface area contributed by atoms with Crippen LogP contribution in [-0.2, 0) is 19.3 Å². The number of benzene rings is 13. The second kappa shape index (κ2) is 22.5. The highest BCUT2D eigenvalue weighted by molar-refractivity contribution is 6.21. The van der Waals surface area contributed by atoms with Gasteiger partial charge >= 0.3 is 0 Å². The van der Waals surface area contributed by atoms with Gasteiger partial charge in [-0.2, -0.15) is 0 Å². The summed E-state index contributed by atoms with van der Waals surface area (Å²) < 4.78 is 30.7. The highest BCUT2D eigenvalue weighted by atomic mass is 16.5. The van der Waals surface area contributed by atoms with Crippen LogP contribution in [0.3, 0.4) is 0 Å². The number of nitrogens with zero attached hydrogens (tertiary/aromatic N) is 10. The Kier molecular flexibility index (Phi) is 12.8. The third kappa shape index (κ3) is 8.71. The van der Waals surface area contributed by atoms with Gasteiger partial charge in [0.2, 0.25) is 0 Å². The first-order valence-corrected chi connectivity index (χ1v) is 34.2. The summed E-state index contributed by atoms with van der Waals surface area (Å²) >= 11 is 0. The highest BCUT2D eigenvalue weighted by Crippen LogP contribution is 2.48. The Labute approximate surface area is 573 Å². The Morgan fingerprint density at radius 1 is 0.270 bits per heavy atom. The van der Waals surface area contributed by atoms with Gasteiger partial charge in [0.15, 0.2) is 34.5 Å². The van der Waals surface area contributed by atoms with E-state index < -0.39 is 0 Å². The minimum absolute atomic E-state index is 0.791. The summed E-state index contributed by atoms with van der Waals surface area (Å²) in [6.07, 6.45) is 2.56. The number of hydrogen-bond donors (Lipinski definition) is 0. The number of imidazole rings is 3. The van der Waals surface area contributed by atoms with E-state index in [0.717, 1.165) is 166 Å². The second-order valence-electron chi connectivity index (χ2n) is 25.5. The number of fused-ring (bicyclic) bond motifs is 15. The van der Waals surface area contributed by atoms with Gasteiger partial charge in [0.25, 0.3) is 0 Å². The van der Waals surface area contributed by atoms with Gasteiger partial charge in [0.05, 0.1) is 89.5 Å². The summed E-state index contributed by atoms with van der Waals surface area (Å²) in [7, 11) is 0. The number of para-hydroxylation sites is 8. The highest BCUT2D eigenvalue weighted by Gasteiger charge is 2.29. The second-order valence-corrected chi connectivity index (χ2v) is 25.5. The molecule has 0 saturated carbocycles. The summed E-state index contributed by atoms with van der Waals surface area (Å²) in [4.78, 5) is 24.6. The molecule has 19 aromatic rings. The number of aromatic nitrogens is 10. The molecule has 0 atom stereocenters. The van der Waals surface area contributed by atoms with E-state index in [9.17, 15) is 0 Å². The van der Waals surface area contributed by atoms with Gasteiger partial charge in [-0.3, -0.25) is 13.7 Å². The van der Waals surface area contributed by atoms with Crippen molar-refractivity contribution in [1.29, 1.82) is 0 Å². The van der Waals surface area contributed by atoms with Crippen LogP contribution < -0.4 is 14.2 Å². The quantitative estimate of drug-likeness (QED) is 0.155. The minimum Gasteiger partial charge on any atom is -0.453 e. The van der Waals surface area contributed by atoms with Crippen molar-refractivity contribution < 1.29 is 14.2 Å². The molecule has 13 nitrogen and oxygen atoms in total. The maximum absolute atomic E-state index is 6.47. The Hall–Kier alpha value is -13.1. The Morgan fingerprint density at radius 2 is 0.670 bits per heavy atom. The average molecular weight is 1290 g/mol. The van der Waals surface area contributed by atoms with Crippen LogP contribution in [0.5, 0.6) is 34.5 Å². The first-order chi connectivity index (χ1) is 49.4. The molecule has 3 aliphatic rings. The van der Waals surface area contributed by atoms with Crippen molar-refractivity contribution in [2.45, 2.75) is 40.0 Å². The Balaban J connectivity index is 0.000000101. The molecule has 0 unspecified atom stereocenters.